The van der Waals surface area contributed by atoms with Crippen LogP contribution in [0.3, 0.4) is 0 Å². The Hall–Kier alpha value is -4.05. The highest BCUT2D eigenvalue weighted by Crippen LogP contribution is 2.38. The standard InChI is InChI=1S/C28H31FN6O2S/c1-5-36-20-14-22(26(29)23(15-20)37-17(2)3)35(19-12-10-18(11-13-19)27(30)31)16-25-32-28(34-33-25)21-8-6-7-9-24(21)38-4/h6-15,17H,5,16H2,1-4H3,(H3,30,31)(H,32,33,34). The average molecular weight is 535 g/mol. The Kier molecular flexibility index (Phi) is 8.52. The van der Waals surface area contributed by atoms with Crippen molar-refractivity contribution in [2.75, 3.05) is 17.8 Å². The van der Waals surface area contributed by atoms with Gasteiger partial charge in [-0.15, -0.1) is 11.8 Å². The van der Waals surface area contributed by atoms with Crippen molar-refractivity contribution in [3.05, 3.63) is 77.9 Å². The molecular formula is C28H31FN6O2S. The van der Waals surface area contributed by atoms with Crippen molar-refractivity contribution >= 4 is 29.0 Å². The van der Waals surface area contributed by atoms with Crippen LogP contribution < -0.4 is 20.1 Å². The van der Waals surface area contributed by atoms with Crippen molar-refractivity contribution < 1.29 is 13.9 Å². The molecule has 0 aliphatic heterocycles. The number of hydrogen-bond acceptors (Lipinski definition) is 7. The Morgan fingerprint density at radius 2 is 1.89 bits per heavy atom. The van der Waals surface area contributed by atoms with Crippen LogP contribution in [-0.4, -0.2) is 40.0 Å². The van der Waals surface area contributed by atoms with Gasteiger partial charge in [0.15, 0.2) is 17.4 Å². The SMILES string of the molecule is CCOc1cc(OC(C)C)c(F)c(N(Cc2nc(-c3ccccc3SC)n[nH]2)c2ccc(C(=N)N)cc2)c1. The molecule has 0 unspecified atom stereocenters. The maximum atomic E-state index is 15.9. The quantitative estimate of drug-likeness (QED) is 0.120. The van der Waals surface area contributed by atoms with Gasteiger partial charge in [-0.3, -0.25) is 10.5 Å². The van der Waals surface area contributed by atoms with E-state index in [0.717, 1.165) is 10.5 Å². The molecule has 1 heterocycles. The summed E-state index contributed by atoms with van der Waals surface area (Å²) >= 11 is 1.62. The molecule has 0 fully saturated rings. The zero-order valence-electron chi connectivity index (χ0n) is 21.8. The van der Waals surface area contributed by atoms with Crippen molar-refractivity contribution in [3.8, 4) is 22.9 Å². The molecular weight excluding hydrogens is 503 g/mol. The highest BCUT2D eigenvalue weighted by atomic mass is 32.2. The summed E-state index contributed by atoms with van der Waals surface area (Å²) in [7, 11) is 0. The first kappa shape index (κ1) is 27.0. The molecule has 0 bridgehead atoms. The number of anilines is 2. The smallest absolute Gasteiger partial charge is 0.188 e. The molecule has 0 spiro atoms. The van der Waals surface area contributed by atoms with Gasteiger partial charge in [0.2, 0.25) is 0 Å². The second kappa shape index (κ2) is 12.0. The number of thioether (sulfide) groups is 1. The Balaban J connectivity index is 1.80. The van der Waals surface area contributed by atoms with Gasteiger partial charge in [0.1, 0.15) is 17.4 Å². The highest BCUT2D eigenvalue weighted by Gasteiger charge is 2.23. The number of rotatable bonds is 11. The molecule has 10 heteroatoms. The molecule has 4 rings (SSSR count). The summed E-state index contributed by atoms with van der Waals surface area (Å²) in [6, 6.07) is 18.1. The molecule has 0 saturated carbocycles. The zero-order valence-corrected chi connectivity index (χ0v) is 22.6. The minimum Gasteiger partial charge on any atom is -0.494 e. The monoisotopic (exact) mass is 534 g/mol. The number of H-pyrrole nitrogens is 1. The topological polar surface area (TPSA) is 113 Å². The van der Waals surface area contributed by atoms with Crippen LogP contribution in [0.15, 0.2) is 65.6 Å². The molecule has 198 valence electrons. The molecule has 0 radical (unpaired) electrons. The molecule has 0 amide bonds. The van der Waals surface area contributed by atoms with E-state index in [2.05, 4.69) is 10.2 Å². The molecule has 38 heavy (non-hydrogen) atoms. The lowest BCUT2D eigenvalue weighted by molar-refractivity contribution is 0.229. The lowest BCUT2D eigenvalue weighted by Crippen LogP contribution is -2.20. The van der Waals surface area contributed by atoms with Crippen LogP contribution in [0.5, 0.6) is 11.5 Å². The van der Waals surface area contributed by atoms with Crippen molar-refractivity contribution in [2.24, 2.45) is 5.73 Å². The van der Waals surface area contributed by atoms with E-state index in [1.807, 2.05) is 51.3 Å². The second-order valence-corrected chi connectivity index (χ2v) is 9.55. The Morgan fingerprint density at radius 3 is 2.55 bits per heavy atom. The van der Waals surface area contributed by atoms with E-state index < -0.39 is 5.82 Å². The first-order valence-electron chi connectivity index (χ1n) is 12.2. The van der Waals surface area contributed by atoms with Crippen molar-refractivity contribution in [2.45, 2.75) is 38.3 Å². The lowest BCUT2D eigenvalue weighted by Gasteiger charge is -2.26. The molecule has 0 saturated heterocycles. The van der Waals surface area contributed by atoms with Crippen LogP contribution in [-0.2, 0) is 6.54 Å². The molecule has 1 aromatic heterocycles. The summed E-state index contributed by atoms with van der Waals surface area (Å²) in [4.78, 5) is 7.54. The predicted octanol–water partition coefficient (Wildman–Crippen LogP) is 6.14. The van der Waals surface area contributed by atoms with E-state index in [1.54, 1.807) is 53.1 Å². The zero-order chi connectivity index (χ0) is 27.2. The minimum atomic E-state index is -0.523. The number of aromatic amines is 1. The highest BCUT2D eigenvalue weighted by molar-refractivity contribution is 7.98. The van der Waals surface area contributed by atoms with E-state index in [9.17, 15) is 0 Å². The average Bonchev–Trinajstić information content (AvgIpc) is 3.37. The number of hydrogen-bond donors (Lipinski definition) is 3. The van der Waals surface area contributed by atoms with E-state index in [0.29, 0.717) is 35.3 Å². The van der Waals surface area contributed by atoms with E-state index in [4.69, 9.17) is 25.6 Å². The van der Waals surface area contributed by atoms with Gasteiger partial charge in [-0.2, -0.15) is 5.10 Å². The summed E-state index contributed by atoms with van der Waals surface area (Å²) in [6.45, 7) is 6.15. The van der Waals surface area contributed by atoms with Gasteiger partial charge in [0.25, 0.3) is 0 Å². The number of aromatic nitrogens is 3. The fraction of sp³-hybridized carbons (Fsp3) is 0.250. The van der Waals surface area contributed by atoms with Crippen molar-refractivity contribution in [1.29, 1.82) is 5.41 Å². The fourth-order valence-electron chi connectivity index (χ4n) is 3.95. The Labute approximate surface area is 225 Å². The first-order chi connectivity index (χ1) is 18.3. The van der Waals surface area contributed by atoms with Gasteiger partial charge in [0, 0.05) is 33.8 Å². The number of nitrogen functional groups attached to an aromatic ring is 1. The molecule has 4 aromatic rings. The molecule has 0 atom stereocenters. The Morgan fingerprint density at radius 1 is 1.16 bits per heavy atom. The second-order valence-electron chi connectivity index (χ2n) is 8.71. The summed E-state index contributed by atoms with van der Waals surface area (Å²) in [5.74, 6) is 1.11. The van der Waals surface area contributed by atoms with Crippen molar-refractivity contribution in [3.63, 3.8) is 0 Å². The number of nitrogens with two attached hydrogens (primary N) is 1. The third-order valence-electron chi connectivity index (χ3n) is 5.64. The van der Waals surface area contributed by atoms with Gasteiger partial charge in [-0.25, -0.2) is 9.37 Å². The van der Waals surface area contributed by atoms with Gasteiger partial charge in [-0.1, -0.05) is 12.1 Å². The molecule has 0 aliphatic carbocycles. The van der Waals surface area contributed by atoms with Gasteiger partial charge < -0.3 is 20.1 Å². The van der Waals surface area contributed by atoms with Crippen LogP contribution in [0.2, 0.25) is 0 Å². The van der Waals surface area contributed by atoms with Crippen LogP contribution in [0.25, 0.3) is 11.4 Å². The summed E-state index contributed by atoms with van der Waals surface area (Å²) < 4.78 is 27.5. The van der Waals surface area contributed by atoms with E-state index in [-0.39, 0.29) is 29.9 Å². The minimum absolute atomic E-state index is 0.0485. The van der Waals surface area contributed by atoms with Crippen LogP contribution in [0.4, 0.5) is 15.8 Å². The maximum Gasteiger partial charge on any atom is 0.188 e. The fourth-order valence-corrected chi connectivity index (χ4v) is 4.54. The number of benzene rings is 3. The lowest BCUT2D eigenvalue weighted by atomic mass is 10.1. The molecule has 4 N–H and O–H groups in total. The van der Waals surface area contributed by atoms with Gasteiger partial charge >= 0.3 is 0 Å². The summed E-state index contributed by atoms with van der Waals surface area (Å²) in [6.07, 6.45) is 1.77. The summed E-state index contributed by atoms with van der Waals surface area (Å²) in [5.41, 5.74) is 8.05. The molecule has 8 nitrogen and oxygen atoms in total. The number of ether oxygens (including phenoxy) is 2. The number of halogens is 1. The van der Waals surface area contributed by atoms with E-state index in [1.165, 1.54) is 0 Å². The maximum absolute atomic E-state index is 15.9. The van der Waals surface area contributed by atoms with Crippen LogP contribution in [0, 0.1) is 11.2 Å². The number of amidine groups is 1. The third-order valence-corrected chi connectivity index (χ3v) is 6.43. The number of nitrogens with zero attached hydrogens (tertiary/aromatic N) is 3. The van der Waals surface area contributed by atoms with Crippen LogP contribution >= 0.6 is 11.8 Å². The predicted molar refractivity (Wildman–Crippen MR) is 150 cm³/mol. The third kappa shape index (κ3) is 6.08. The largest absolute Gasteiger partial charge is 0.494 e. The first-order valence-corrected chi connectivity index (χ1v) is 13.4. The van der Waals surface area contributed by atoms with Gasteiger partial charge in [-0.05, 0) is 63.4 Å². The molecule has 3 aromatic carbocycles. The Bertz CT molecular complexity index is 1410. The molecule has 0 aliphatic rings. The summed E-state index contributed by atoms with van der Waals surface area (Å²) in [5, 5.41) is 15.2. The number of nitrogens with one attached hydrogen (secondary N) is 2. The van der Waals surface area contributed by atoms with Gasteiger partial charge in [0.05, 0.1) is 24.9 Å². The van der Waals surface area contributed by atoms with Crippen molar-refractivity contribution in [1.82, 2.24) is 15.2 Å². The van der Waals surface area contributed by atoms with Crippen LogP contribution in [0.1, 0.15) is 32.2 Å². The normalized spacial score (nSPS) is 11.0. The van der Waals surface area contributed by atoms with E-state index >= 15 is 4.39 Å².